The Kier molecular flexibility index (Phi) is 10.7. The van der Waals surface area contributed by atoms with Crippen molar-refractivity contribution in [2.75, 3.05) is 20.6 Å². The normalized spacial score (nSPS) is 12.2. The number of carbonyl (C=O) groups is 2. The Morgan fingerprint density at radius 1 is 0.947 bits per heavy atom. The molecule has 10 heteroatoms. The van der Waals surface area contributed by atoms with Crippen LogP contribution in [0.3, 0.4) is 0 Å². The summed E-state index contributed by atoms with van der Waals surface area (Å²) in [6, 6.07) is 21.8. The topological polar surface area (TPSA) is 86.8 Å². The molecular formula is C28H31Cl2N3O4S. The Hall–Kier alpha value is -2.91. The number of nitrogens with zero attached hydrogens (tertiary/aromatic N) is 2. The molecule has 1 N–H and O–H groups in total. The van der Waals surface area contributed by atoms with Gasteiger partial charge in [-0.25, -0.2) is 12.7 Å². The molecule has 0 fully saturated rings. The highest BCUT2D eigenvalue weighted by Crippen LogP contribution is 2.25. The maximum Gasteiger partial charge on any atom is 0.242 e. The Labute approximate surface area is 234 Å². The molecule has 0 aliphatic rings. The van der Waals surface area contributed by atoms with E-state index in [-0.39, 0.29) is 42.6 Å². The summed E-state index contributed by atoms with van der Waals surface area (Å²) >= 11 is 12.5. The first-order valence-electron chi connectivity index (χ1n) is 12.1. The maximum atomic E-state index is 13.6. The summed E-state index contributed by atoms with van der Waals surface area (Å²) < 4.78 is 26.9. The molecule has 7 nitrogen and oxygen atoms in total. The number of nitrogens with one attached hydrogen (secondary N) is 1. The van der Waals surface area contributed by atoms with E-state index in [9.17, 15) is 18.0 Å². The van der Waals surface area contributed by atoms with Crippen molar-refractivity contribution >= 4 is 45.0 Å². The fourth-order valence-corrected chi connectivity index (χ4v) is 5.74. The van der Waals surface area contributed by atoms with Crippen LogP contribution in [-0.2, 0) is 32.6 Å². The van der Waals surface area contributed by atoms with Gasteiger partial charge in [0, 0.05) is 50.1 Å². The van der Waals surface area contributed by atoms with Gasteiger partial charge in [0.15, 0.2) is 0 Å². The molecule has 3 aromatic carbocycles. The molecule has 0 unspecified atom stereocenters. The first kappa shape index (κ1) is 29.6. The predicted octanol–water partition coefficient (Wildman–Crippen LogP) is 4.78. The molecule has 3 rings (SSSR count). The zero-order chi connectivity index (χ0) is 27.7. The van der Waals surface area contributed by atoms with Gasteiger partial charge in [-0.05, 0) is 41.8 Å². The van der Waals surface area contributed by atoms with Crippen molar-refractivity contribution in [1.29, 1.82) is 0 Å². The van der Waals surface area contributed by atoms with E-state index < -0.39 is 16.1 Å². The summed E-state index contributed by atoms with van der Waals surface area (Å²) in [5.41, 5.74) is 1.55. The number of halogens is 2. The number of amides is 2. The molecule has 0 aliphatic carbocycles. The number of benzene rings is 3. The molecular weight excluding hydrogens is 545 g/mol. The van der Waals surface area contributed by atoms with Gasteiger partial charge in [-0.1, -0.05) is 77.8 Å². The van der Waals surface area contributed by atoms with Crippen LogP contribution in [0.4, 0.5) is 0 Å². The zero-order valence-electron chi connectivity index (χ0n) is 21.3. The van der Waals surface area contributed by atoms with Crippen LogP contribution >= 0.6 is 23.2 Å². The van der Waals surface area contributed by atoms with E-state index in [4.69, 9.17) is 23.2 Å². The summed E-state index contributed by atoms with van der Waals surface area (Å²) in [6.07, 6.45) is 0.625. The summed E-state index contributed by atoms with van der Waals surface area (Å²) in [6.45, 7) is 0.236. The SMILES string of the molecule is CNC(=O)[C@H](Cc1ccccc1)N(Cc1ccc(Cl)cc1Cl)C(=O)CCCN(C)S(=O)(=O)c1ccccc1. The van der Waals surface area contributed by atoms with Crippen molar-refractivity contribution in [3.05, 3.63) is 100 Å². The highest BCUT2D eigenvalue weighted by molar-refractivity contribution is 7.89. The molecule has 0 aliphatic heterocycles. The zero-order valence-corrected chi connectivity index (χ0v) is 23.6. The van der Waals surface area contributed by atoms with E-state index in [0.717, 1.165) is 5.56 Å². The molecule has 0 saturated carbocycles. The van der Waals surface area contributed by atoms with E-state index in [2.05, 4.69) is 5.32 Å². The first-order chi connectivity index (χ1) is 18.1. The highest BCUT2D eigenvalue weighted by Gasteiger charge is 2.30. The van der Waals surface area contributed by atoms with E-state index in [1.54, 1.807) is 36.4 Å². The lowest BCUT2D eigenvalue weighted by Crippen LogP contribution is -2.49. The van der Waals surface area contributed by atoms with Crippen molar-refractivity contribution in [2.24, 2.45) is 0 Å². The monoisotopic (exact) mass is 575 g/mol. The number of hydrogen-bond acceptors (Lipinski definition) is 4. The summed E-state index contributed by atoms with van der Waals surface area (Å²) in [5, 5.41) is 3.52. The number of sulfonamides is 1. The molecule has 2 amide bonds. The van der Waals surface area contributed by atoms with Gasteiger partial charge < -0.3 is 10.2 Å². The average molecular weight is 577 g/mol. The number of hydrogen-bond donors (Lipinski definition) is 1. The van der Waals surface area contributed by atoms with Gasteiger partial charge in [-0.15, -0.1) is 0 Å². The molecule has 0 bridgehead atoms. The van der Waals surface area contributed by atoms with E-state index >= 15 is 0 Å². The van der Waals surface area contributed by atoms with E-state index in [1.165, 1.54) is 35.4 Å². The maximum absolute atomic E-state index is 13.6. The quantitative estimate of drug-likeness (QED) is 0.336. The van der Waals surface area contributed by atoms with Crippen LogP contribution in [0.25, 0.3) is 0 Å². The number of rotatable bonds is 12. The van der Waals surface area contributed by atoms with Crippen molar-refractivity contribution < 1.29 is 18.0 Å². The first-order valence-corrected chi connectivity index (χ1v) is 14.3. The number of likely N-dealkylation sites (N-methyl/N-ethyl adjacent to an activating group) is 1. The highest BCUT2D eigenvalue weighted by atomic mass is 35.5. The largest absolute Gasteiger partial charge is 0.357 e. The molecule has 3 aromatic rings. The minimum Gasteiger partial charge on any atom is -0.357 e. The van der Waals surface area contributed by atoms with Crippen molar-refractivity contribution in [3.8, 4) is 0 Å². The lowest BCUT2D eigenvalue weighted by molar-refractivity contribution is -0.141. The van der Waals surface area contributed by atoms with E-state index in [1.807, 2.05) is 30.3 Å². The van der Waals surface area contributed by atoms with Crippen molar-refractivity contribution in [1.82, 2.24) is 14.5 Å². The van der Waals surface area contributed by atoms with Gasteiger partial charge in [-0.3, -0.25) is 9.59 Å². The molecule has 38 heavy (non-hydrogen) atoms. The van der Waals surface area contributed by atoms with Crippen molar-refractivity contribution in [2.45, 2.75) is 36.7 Å². The Bertz CT molecular complexity index is 1340. The minimum atomic E-state index is -3.68. The van der Waals surface area contributed by atoms with Gasteiger partial charge in [0.1, 0.15) is 6.04 Å². The van der Waals surface area contributed by atoms with Crippen LogP contribution in [0, 0.1) is 0 Å². The van der Waals surface area contributed by atoms with Gasteiger partial charge in [0.25, 0.3) is 0 Å². The Morgan fingerprint density at radius 3 is 2.18 bits per heavy atom. The summed E-state index contributed by atoms with van der Waals surface area (Å²) in [7, 11) is -0.659. The summed E-state index contributed by atoms with van der Waals surface area (Å²) in [5.74, 6) is -0.595. The third-order valence-corrected chi connectivity index (χ3v) is 8.65. The lowest BCUT2D eigenvalue weighted by atomic mass is 10.0. The summed E-state index contributed by atoms with van der Waals surface area (Å²) in [4.78, 5) is 28.3. The number of carbonyl (C=O) groups excluding carboxylic acids is 2. The van der Waals surface area contributed by atoms with Crippen LogP contribution in [-0.4, -0.2) is 56.1 Å². The second kappa shape index (κ2) is 13.8. The van der Waals surface area contributed by atoms with E-state index in [0.29, 0.717) is 22.0 Å². The Morgan fingerprint density at radius 2 is 1.58 bits per heavy atom. The standard InChI is InChI=1S/C28H31Cl2N3O4S/c1-31-28(35)26(18-21-10-5-3-6-11-21)33(20-22-15-16-23(29)19-25(22)30)27(34)14-9-17-32(2)38(36,37)24-12-7-4-8-13-24/h3-8,10-13,15-16,19,26H,9,14,17-18,20H2,1-2H3,(H,31,35)/t26-/m0/s1. The van der Waals surface area contributed by atoms with Gasteiger partial charge in [-0.2, -0.15) is 0 Å². The lowest BCUT2D eigenvalue weighted by Gasteiger charge is -2.31. The molecule has 1 atom stereocenters. The smallest absolute Gasteiger partial charge is 0.242 e. The predicted molar refractivity (Wildman–Crippen MR) is 151 cm³/mol. The van der Waals surface area contributed by atoms with Crippen LogP contribution in [0.5, 0.6) is 0 Å². The van der Waals surface area contributed by atoms with Crippen LogP contribution in [0.2, 0.25) is 10.0 Å². The fraction of sp³-hybridized carbons (Fsp3) is 0.286. The molecule has 0 saturated heterocycles. The molecule has 0 spiro atoms. The molecule has 0 aromatic heterocycles. The van der Waals surface area contributed by atoms with Gasteiger partial charge in [0.2, 0.25) is 21.8 Å². The third kappa shape index (κ3) is 7.80. The molecule has 202 valence electrons. The van der Waals surface area contributed by atoms with Crippen LogP contribution in [0.15, 0.2) is 83.8 Å². The van der Waals surface area contributed by atoms with Crippen molar-refractivity contribution in [3.63, 3.8) is 0 Å². The molecule has 0 radical (unpaired) electrons. The Balaban J connectivity index is 1.81. The van der Waals surface area contributed by atoms with Gasteiger partial charge in [0.05, 0.1) is 4.90 Å². The molecule has 0 heterocycles. The van der Waals surface area contributed by atoms with Crippen LogP contribution < -0.4 is 5.32 Å². The minimum absolute atomic E-state index is 0.0438. The second-order valence-electron chi connectivity index (χ2n) is 8.82. The average Bonchev–Trinajstić information content (AvgIpc) is 2.92. The second-order valence-corrected chi connectivity index (χ2v) is 11.7. The van der Waals surface area contributed by atoms with Crippen LogP contribution in [0.1, 0.15) is 24.0 Å². The van der Waals surface area contributed by atoms with Gasteiger partial charge >= 0.3 is 0 Å². The fourth-order valence-electron chi connectivity index (χ4n) is 4.04. The third-order valence-electron chi connectivity index (χ3n) is 6.19.